The van der Waals surface area contributed by atoms with Crippen LogP contribution >= 0.6 is 0 Å². The van der Waals surface area contributed by atoms with Gasteiger partial charge < -0.3 is 5.11 Å². The Morgan fingerprint density at radius 2 is 2.13 bits per heavy atom. The molecule has 0 saturated carbocycles. The second-order valence-electron chi connectivity index (χ2n) is 5.69. The number of carbonyl (C=O) groups is 1. The molecule has 5 nitrogen and oxygen atoms in total. The van der Waals surface area contributed by atoms with E-state index in [2.05, 4.69) is 5.10 Å². The van der Waals surface area contributed by atoms with Crippen LogP contribution in [0.2, 0.25) is 0 Å². The first-order chi connectivity index (χ1) is 10.8. The van der Waals surface area contributed by atoms with Crippen molar-refractivity contribution in [1.29, 1.82) is 0 Å². The third-order valence-corrected chi connectivity index (χ3v) is 3.82. The molecular weight excluding hydrogens is 318 g/mol. The fourth-order valence-corrected chi connectivity index (χ4v) is 2.55. The average molecular weight is 337 g/mol. The summed E-state index contributed by atoms with van der Waals surface area (Å²) in [6, 6.07) is 1.76. The lowest BCUT2D eigenvalue weighted by Crippen LogP contribution is -2.33. The van der Waals surface area contributed by atoms with Crippen LogP contribution in [-0.4, -0.2) is 51.2 Å². The Morgan fingerprint density at radius 3 is 2.78 bits per heavy atom. The maximum absolute atomic E-state index is 13.0. The molecule has 0 radical (unpaired) electrons. The van der Waals surface area contributed by atoms with Crippen molar-refractivity contribution in [1.82, 2.24) is 14.7 Å². The highest BCUT2D eigenvalue weighted by Crippen LogP contribution is 2.27. The highest BCUT2D eigenvalue weighted by atomic mass is 19.3. The van der Waals surface area contributed by atoms with E-state index in [-0.39, 0.29) is 13.0 Å². The predicted octanol–water partition coefficient (Wildman–Crippen LogP) is 2.40. The number of aryl methyl sites for hydroxylation is 2. The van der Waals surface area contributed by atoms with E-state index in [4.69, 9.17) is 5.11 Å². The number of rotatable bonds is 7. The number of nitrogens with zero attached hydrogens (tertiary/aromatic N) is 3. The number of carboxylic acids is 1. The molecule has 23 heavy (non-hydrogen) atoms. The molecule has 0 aromatic carbocycles. The van der Waals surface area contributed by atoms with E-state index >= 15 is 0 Å². The highest BCUT2D eigenvalue weighted by Gasteiger charge is 2.40. The predicted molar refractivity (Wildman–Crippen MR) is 73.6 cm³/mol. The van der Waals surface area contributed by atoms with Gasteiger partial charge in [0.05, 0.1) is 17.8 Å². The molecule has 1 aromatic rings. The monoisotopic (exact) mass is 337 g/mol. The normalized spacial score (nSPS) is 16.4. The average Bonchev–Trinajstić information content (AvgIpc) is 2.74. The van der Waals surface area contributed by atoms with E-state index in [0.717, 1.165) is 5.69 Å². The van der Waals surface area contributed by atoms with E-state index in [1.165, 1.54) is 0 Å². The summed E-state index contributed by atoms with van der Waals surface area (Å²) in [4.78, 5) is 12.3. The molecular formula is C14H19F4N3O2. The maximum atomic E-state index is 13.0. The van der Waals surface area contributed by atoms with Crippen LogP contribution in [0.15, 0.2) is 6.07 Å². The van der Waals surface area contributed by atoms with Crippen LogP contribution in [0.4, 0.5) is 17.6 Å². The van der Waals surface area contributed by atoms with Crippen molar-refractivity contribution < 1.29 is 27.5 Å². The molecule has 0 aliphatic carbocycles. The molecule has 2 heterocycles. The van der Waals surface area contributed by atoms with Crippen LogP contribution in [0.25, 0.3) is 0 Å². The highest BCUT2D eigenvalue weighted by molar-refractivity contribution is 5.66. The van der Waals surface area contributed by atoms with Crippen LogP contribution in [0.3, 0.4) is 0 Å². The standard InChI is InChI=1S/C14H19F4N3O2/c15-13(16)14(17,18)4-7-20-5-1-6-21-11(9-20)8-10(19-21)2-3-12(22)23/h8,13H,1-7,9H2,(H,22,23). The van der Waals surface area contributed by atoms with E-state index < -0.39 is 24.7 Å². The SMILES string of the molecule is O=C(O)CCc1cc2n(n1)CCCN(CCC(F)(F)C(F)F)C2. The molecule has 1 aliphatic rings. The van der Waals surface area contributed by atoms with Crippen molar-refractivity contribution in [3.05, 3.63) is 17.5 Å². The fraction of sp³-hybridized carbons (Fsp3) is 0.714. The van der Waals surface area contributed by atoms with Crippen molar-refractivity contribution in [2.24, 2.45) is 0 Å². The van der Waals surface area contributed by atoms with Gasteiger partial charge in [0, 0.05) is 39.0 Å². The van der Waals surface area contributed by atoms with Gasteiger partial charge in [-0.3, -0.25) is 14.4 Å². The van der Waals surface area contributed by atoms with Crippen molar-refractivity contribution in [2.75, 3.05) is 13.1 Å². The second kappa shape index (κ2) is 7.29. The Hall–Kier alpha value is -1.64. The molecule has 0 atom stereocenters. The number of hydrogen-bond acceptors (Lipinski definition) is 3. The quantitative estimate of drug-likeness (QED) is 0.776. The van der Waals surface area contributed by atoms with Crippen molar-refractivity contribution in [3.8, 4) is 0 Å². The van der Waals surface area contributed by atoms with Crippen molar-refractivity contribution >= 4 is 5.97 Å². The molecule has 0 amide bonds. The van der Waals surface area contributed by atoms with Gasteiger partial charge in [0.25, 0.3) is 0 Å². The van der Waals surface area contributed by atoms with Crippen LogP contribution in [0.5, 0.6) is 0 Å². The minimum atomic E-state index is -3.97. The molecule has 1 aliphatic heterocycles. The molecule has 2 rings (SSSR count). The second-order valence-corrected chi connectivity index (χ2v) is 5.69. The van der Waals surface area contributed by atoms with Crippen molar-refractivity contribution in [3.63, 3.8) is 0 Å². The summed E-state index contributed by atoms with van der Waals surface area (Å²) in [7, 11) is 0. The minimum absolute atomic E-state index is 0.0270. The van der Waals surface area contributed by atoms with Crippen LogP contribution in [0.1, 0.15) is 30.7 Å². The zero-order chi connectivity index (χ0) is 17.0. The maximum Gasteiger partial charge on any atom is 0.308 e. The number of fused-ring (bicyclic) bond motifs is 1. The Balaban J connectivity index is 1.96. The number of aromatic nitrogens is 2. The first-order valence-electron chi connectivity index (χ1n) is 7.43. The molecule has 1 N–H and O–H groups in total. The molecule has 1 aromatic heterocycles. The zero-order valence-corrected chi connectivity index (χ0v) is 12.5. The van der Waals surface area contributed by atoms with Crippen LogP contribution in [-0.2, 0) is 24.3 Å². The van der Waals surface area contributed by atoms with E-state index in [9.17, 15) is 22.4 Å². The first kappa shape index (κ1) is 17.7. The number of aliphatic carboxylic acids is 1. The van der Waals surface area contributed by atoms with Gasteiger partial charge in [-0.05, 0) is 12.5 Å². The summed E-state index contributed by atoms with van der Waals surface area (Å²) >= 11 is 0. The molecule has 9 heteroatoms. The largest absolute Gasteiger partial charge is 0.481 e. The number of carboxylic acid groups (broad SMARTS) is 1. The molecule has 0 bridgehead atoms. The summed E-state index contributed by atoms with van der Waals surface area (Å²) < 4.78 is 52.2. The van der Waals surface area contributed by atoms with Crippen LogP contribution < -0.4 is 0 Å². The summed E-state index contributed by atoms with van der Waals surface area (Å²) in [5, 5.41) is 13.0. The van der Waals surface area contributed by atoms with E-state index in [1.54, 1.807) is 15.6 Å². The summed E-state index contributed by atoms with van der Waals surface area (Å²) in [6.45, 7) is 1.36. The summed E-state index contributed by atoms with van der Waals surface area (Å²) in [5.41, 5.74) is 1.44. The van der Waals surface area contributed by atoms with Gasteiger partial charge in [0.1, 0.15) is 0 Å². The van der Waals surface area contributed by atoms with Gasteiger partial charge in [-0.25, -0.2) is 17.6 Å². The number of hydrogen-bond donors (Lipinski definition) is 1. The topological polar surface area (TPSA) is 58.4 Å². The third-order valence-electron chi connectivity index (χ3n) is 3.82. The van der Waals surface area contributed by atoms with Gasteiger partial charge in [0.15, 0.2) is 0 Å². The Kier molecular flexibility index (Phi) is 5.61. The number of halogens is 4. The lowest BCUT2D eigenvalue weighted by Gasteiger charge is -2.22. The molecule has 0 fully saturated rings. The van der Waals surface area contributed by atoms with Crippen molar-refractivity contribution in [2.45, 2.75) is 51.1 Å². The number of alkyl halides is 4. The fourth-order valence-electron chi connectivity index (χ4n) is 2.55. The third kappa shape index (κ3) is 4.92. The Morgan fingerprint density at radius 1 is 1.39 bits per heavy atom. The molecule has 130 valence electrons. The van der Waals surface area contributed by atoms with E-state index in [1.807, 2.05) is 0 Å². The van der Waals surface area contributed by atoms with Gasteiger partial charge in [-0.1, -0.05) is 0 Å². The van der Waals surface area contributed by atoms with E-state index in [0.29, 0.717) is 38.2 Å². The molecule has 0 saturated heterocycles. The lowest BCUT2D eigenvalue weighted by atomic mass is 10.2. The van der Waals surface area contributed by atoms with Crippen LogP contribution in [0, 0.1) is 0 Å². The summed E-state index contributed by atoms with van der Waals surface area (Å²) in [5.74, 6) is -4.89. The molecule has 0 unspecified atom stereocenters. The minimum Gasteiger partial charge on any atom is -0.481 e. The lowest BCUT2D eigenvalue weighted by molar-refractivity contribution is -0.137. The Labute approximate surface area is 130 Å². The zero-order valence-electron chi connectivity index (χ0n) is 12.5. The van der Waals surface area contributed by atoms with Gasteiger partial charge >= 0.3 is 18.3 Å². The van der Waals surface area contributed by atoms with Gasteiger partial charge in [-0.2, -0.15) is 5.10 Å². The van der Waals surface area contributed by atoms with Gasteiger partial charge in [0.2, 0.25) is 0 Å². The summed E-state index contributed by atoms with van der Waals surface area (Å²) in [6.07, 6.45) is -3.58. The van der Waals surface area contributed by atoms with Gasteiger partial charge in [-0.15, -0.1) is 0 Å². The molecule has 0 spiro atoms. The Bertz CT molecular complexity index is 548. The first-order valence-corrected chi connectivity index (χ1v) is 7.43. The smallest absolute Gasteiger partial charge is 0.308 e.